The van der Waals surface area contributed by atoms with Crippen LogP contribution in [0.1, 0.15) is 63.1 Å². The Morgan fingerprint density at radius 2 is 0.818 bits per heavy atom. The lowest BCUT2D eigenvalue weighted by Gasteiger charge is -2.33. The molecule has 56 nitrogen and oxygen atoms in total. The molecule has 22 heterocycles. The lowest BCUT2D eigenvalue weighted by Crippen LogP contribution is -2.45. The first-order valence-corrected chi connectivity index (χ1v) is 51.8. The number of hydrogen-bond acceptors (Lipinski definition) is 44. The number of aromatic nitrogens is 19. The van der Waals surface area contributed by atoms with Gasteiger partial charge in [-0.1, -0.05) is 0 Å². The number of rotatable bonds is 6. The average molecular weight is 2020 g/mol. The number of alkyl halides is 1. The zero-order valence-corrected chi connectivity index (χ0v) is 74.9. The van der Waals surface area contributed by atoms with Crippen LogP contribution >= 0.6 is 43.6 Å². The van der Waals surface area contributed by atoms with Gasteiger partial charge in [0.25, 0.3) is 16.7 Å². The van der Waals surface area contributed by atoms with E-state index in [-0.39, 0.29) is 110 Å². The number of aromatic amines is 3. The molecule has 10 saturated heterocycles. The second-order valence-corrected chi connectivity index (χ2v) is 44.0. The fourth-order valence-electron chi connectivity index (χ4n) is 17.0. The summed E-state index contributed by atoms with van der Waals surface area (Å²) in [6, 6.07) is 8.48. The van der Waals surface area contributed by atoms with Crippen molar-refractivity contribution < 1.29 is 135 Å². The summed E-state index contributed by atoms with van der Waals surface area (Å²) in [7, 11) is -14.3. The monoisotopic (exact) mass is 2020 g/mol. The molecule has 10 aliphatic rings. The van der Waals surface area contributed by atoms with E-state index in [4.69, 9.17) is 157 Å². The Labute approximate surface area is 750 Å². The third-order valence-corrected chi connectivity index (χ3v) is 30.6. The maximum absolute atomic E-state index is 15.9. The van der Waals surface area contributed by atoms with Crippen molar-refractivity contribution in [1.82, 2.24) is 92.2 Å². The number of nitrogen functional groups attached to an aromatic ring is 6. The van der Waals surface area contributed by atoms with Gasteiger partial charge in [0.1, 0.15) is 95.9 Å². The number of H-pyrrole nitrogens is 3. The molecule has 8 bridgehead atoms. The molecule has 0 amide bonds. The van der Waals surface area contributed by atoms with Crippen molar-refractivity contribution in [2.75, 3.05) is 80.7 Å². The van der Waals surface area contributed by atoms with Gasteiger partial charge in [-0.05, 0) is 65.8 Å². The van der Waals surface area contributed by atoms with Crippen LogP contribution in [0.15, 0.2) is 101 Å². The Kier molecular flexibility index (Phi) is 23.9. The van der Waals surface area contributed by atoms with Crippen LogP contribution in [-0.2, 0) is 137 Å². The molecule has 706 valence electrons. The number of hydrogen-bond donors (Lipinski definition) is 15. The van der Waals surface area contributed by atoms with E-state index in [2.05, 4.69) is 64.8 Å². The van der Waals surface area contributed by atoms with E-state index in [9.17, 15) is 57.4 Å². The zero-order valence-electron chi connectivity index (χ0n) is 67.1. The van der Waals surface area contributed by atoms with Crippen molar-refractivity contribution in [2.45, 2.75) is 148 Å². The maximum Gasteiger partial charge on any atom is 0.472 e. The average Bonchev–Trinajstić information content (AvgIpc) is 1.55. The molecule has 0 radical (unpaired) electrons. The Balaban J connectivity index is 0.000000123. The van der Waals surface area contributed by atoms with Crippen LogP contribution in [0.4, 0.5) is 39.3 Å². The van der Waals surface area contributed by atoms with Crippen LogP contribution in [0.3, 0.4) is 0 Å². The highest BCUT2D eigenvalue weighted by molar-refractivity contribution is 8.07. The van der Waals surface area contributed by atoms with Crippen molar-refractivity contribution in [3.8, 4) is 0 Å². The van der Waals surface area contributed by atoms with E-state index in [1.165, 1.54) is 38.9 Å². The largest absolute Gasteiger partial charge is 0.472 e. The molecule has 0 aromatic carbocycles. The van der Waals surface area contributed by atoms with Crippen LogP contribution in [0.2, 0.25) is 0 Å². The van der Waals surface area contributed by atoms with Gasteiger partial charge in [0.2, 0.25) is 17.8 Å². The summed E-state index contributed by atoms with van der Waals surface area (Å²) in [6.07, 6.45) is -7.51. The van der Waals surface area contributed by atoms with Crippen molar-refractivity contribution in [1.29, 1.82) is 0 Å². The SMILES string of the molecule is Nc1nc2c(ncn2[C@@H]2O[C@@H]3COP(=O)(O)O[C@H]4C[C@H](n5ccc6c(N)ccnc65)O[C@@H]4COP(O)(=S)O[C@@H]2C3)c(=O)[nH]1.Nc1nc2c(ncn2[C@@H]2O[C@@H]3COP(=O)(O)O[C@H]4C[C@H](n5ccc6c(N)ccnc65)O[C@@H]4COP(O)(=S)O[C@@H]2C3)c(=O)[nH]1.Nc1nc2c(ncn2[C@@H]2O[C@@H]3COP(=O)(O)O[C@H]4[C@H]5OC[C@]4(COP(O)(=S)O[C@@H]2[C@H]3F)O[C@H]5n2cnc3c(N)ccnc32)c(=O)[nH]1. The van der Waals surface area contributed by atoms with Crippen LogP contribution in [0.25, 0.3) is 66.7 Å². The standard InChI is InChI=1S/C22H24FN9O11P2S.2C22H26N8O10P2S/c23-10-9-3-38-44(34,35)43-15-14-20(31-6-27-11-8(24)1-2-26-16(11)31)41-22(15,4-37-14)5-39-45(36,46)42-13(10)19(40-9)32-7-28-12-17(32)29-21(25)30-18(12)33;2*23-12-1-3-25-18-11(12)2-4-29(18)16-6-13-15(38-16)8-36-42(34,43)40-14-5-10(7-35-41(32,33)39-13)37-21(14)30-9-26-17-19(30)27-22(24)28-20(17)31/h1-2,6-7,9-10,13-15,19-20H,3-5H2,(H2,24,26)(H,34,35)(H,36,46)(H3,25,29,30,33);2*1-4,9-10,13-16,21H,5-8H2,(H2,23,25)(H,32,33)(H,34,43)(H3,24,27,28,31)/t9-,10+,13-,14-,15+,19-,20-,22-,45?;2*10-,13-,14+,15+,16+,21+,42?/m100/s1. The molecule has 26 atom stereocenters. The molecule has 12 aromatic rings. The van der Waals surface area contributed by atoms with Gasteiger partial charge in [0, 0.05) is 78.8 Å². The second kappa shape index (κ2) is 34.6. The van der Waals surface area contributed by atoms with Gasteiger partial charge < -0.3 is 129 Å². The highest BCUT2D eigenvalue weighted by Crippen LogP contribution is 2.61. The fourth-order valence-corrected chi connectivity index (χ4v) is 24.3. The predicted molar refractivity (Wildman–Crippen MR) is 457 cm³/mol. The van der Waals surface area contributed by atoms with Crippen molar-refractivity contribution >= 4 is 181 Å². The molecular formula is C66H76FN25O31P6S3. The van der Waals surface area contributed by atoms with E-state index in [1.807, 2.05) is 0 Å². The molecule has 132 heavy (non-hydrogen) atoms. The van der Waals surface area contributed by atoms with Gasteiger partial charge >= 0.3 is 43.6 Å². The summed E-state index contributed by atoms with van der Waals surface area (Å²) in [5.41, 5.74) is 35.0. The van der Waals surface area contributed by atoms with E-state index in [0.717, 1.165) is 10.9 Å². The first-order valence-electron chi connectivity index (χ1n) is 39.6. The summed E-state index contributed by atoms with van der Waals surface area (Å²) >= 11 is 15.9. The van der Waals surface area contributed by atoms with E-state index < -0.39 is 196 Å². The van der Waals surface area contributed by atoms with Crippen molar-refractivity contribution in [3.63, 3.8) is 0 Å². The molecule has 10 fully saturated rings. The van der Waals surface area contributed by atoms with E-state index in [1.54, 1.807) is 64.3 Å². The number of nitrogens with one attached hydrogen (secondary N) is 3. The molecule has 0 spiro atoms. The van der Waals surface area contributed by atoms with Gasteiger partial charge in [0.05, 0.1) is 89.5 Å². The van der Waals surface area contributed by atoms with Gasteiger partial charge in [0.15, 0.2) is 70.2 Å². The predicted octanol–water partition coefficient (Wildman–Crippen LogP) is 1.85. The first kappa shape index (κ1) is 91.2. The number of pyridine rings is 3. The van der Waals surface area contributed by atoms with Crippen LogP contribution in [-0.4, -0.2) is 253 Å². The molecule has 22 rings (SSSR count). The molecular weight excluding hydrogens is 1940 g/mol. The van der Waals surface area contributed by atoms with Gasteiger partial charge in [-0.25, -0.2) is 53.0 Å². The minimum absolute atomic E-state index is 0.00840. The molecule has 10 aliphatic heterocycles. The summed E-state index contributed by atoms with van der Waals surface area (Å²) in [5.74, 6) is -0.559. The van der Waals surface area contributed by atoms with Crippen molar-refractivity contribution in [2.24, 2.45) is 0 Å². The van der Waals surface area contributed by atoms with Crippen LogP contribution in [0.5, 0.6) is 0 Å². The third kappa shape index (κ3) is 17.7. The van der Waals surface area contributed by atoms with Gasteiger partial charge in [-0.15, -0.1) is 0 Å². The molecule has 21 N–H and O–H groups in total. The number of nitrogens with zero attached hydrogens (tertiary/aromatic N) is 16. The number of fused-ring (bicyclic) bond motifs is 14. The topological polar surface area (TPSA) is 761 Å². The maximum atomic E-state index is 15.9. The summed E-state index contributed by atoms with van der Waals surface area (Å²) in [5, 5.41) is 1.41. The smallest absolute Gasteiger partial charge is 0.398 e. The van der Waals surface area contributed by atoms with Crippen molar-refractivity contribution in [3.05, 3.63) is 118 Å². The lowest BCUT2D eigenvalue weighted by atomic mass is 10.0. The Bertz CT molecular complexity index is 6790. The summed E-state index contributed by atoms with van der Waals surface area (Å²) in [4.78, 5) is 151. The van der Waals surface area contributed by atoms with E-state index >= 15 is 4.39 Å². The molecule has 66 heteroatoms. The van der Waals surface area contributed by atoms with E-state index in [0.29, 0.717) is 50.3 Å². The number of imidazole rings is 4. The van der Waals surface area contributed by atoms with Gasteiger partial charge in [-0.2, -0.15) is 15.0 Å². The minimum atomic E-state index is -4.98. The highest BCUT2D eigenvalue weighted by Gasteiger charge is 2.66. The molecule has 12 aromatic heterocycles. The molecule has 0 saturated carbocycles. The first-order chi connectivity index (χ1) is 62.8. The summed E-state index contributed by atoms with van der Waals surface area (Å²) < 4.78 is 174. The number of phosphoric ester groups is 3. The normalized spacial score (nSPS) is 36.9. The third-order valence-electron chi connectivity index (χ3n) is 22.8. The second-order valence-electron chi connectivity index (χ2n) is 31.4. The minimum Gasteiger partial charge on any atom is -0.398 e. The Morgan fingerprint density at radius 3 is 1.30 bits per heavy atom. The van der Waals surface area contributed by atoms with Gasteiger partial charge in [-0.3, -0.25) is 79.3 Å². The molecule has 6 unspecified atom stereocenters. The number of anilines is 6. The molecule has 0 aliphatic carbocycles. The zero-order chi connectivity index (χ0) is 92.4. The number of nitrogens with two attached hydrogens (primary N) is 6. The number of phosphoric acid groups is 3. The number of halogens is 1. The fraction of sp³-hybridized carbons (Fsp3) is 0.470. The highest BCUT2D eigenvalue weighted by atomic mass is 32.5. The lowest BCUT2D eigenvalue weighted by molar-refractivity contribution is -0.183. The Morgan fingerprint density at radius 1 is 0.402 bits per heavy atom. The van der Waals surface area contributed by atoms with Crippen LogP contribution in [0, 0.1) is 0 Å². The quantitative estimate of drug-likeness (QED) is 0.106. The van der Waals surface area contributed by atoms with Crippen LogP contribution < -0.4 is 51.1 Å². The summed E-state index contributed by atoms with van der Waals surface area (Å²) in [6.45, 7) is -15.3. The number of ether oxygens (including phenoxy) is 7. The Hall–Kier alpha value is -8.58.